The molecule has 0 saturated carbocycles. The van der Waals surface area contributed by atoms with Gasteiger partial charge in [-0.3, -0.25) is 4.79 Å². The van der Waals surface area contributed by atoms with Crippen molar-refractivity contribution < 1.29 is 4.79 Å². The molecule has 16 heavy (non-hydrogen) atoms. The van der Waals surface area contributed by atoms with Gasteiger partial charge < -0.3 is 10.6 Å². The van der Waals surface area contributed by atoms with Crippen LogP contribution in [-0.4, -0.2) is 40.4 Å². The van der Waals surface area contributed by atoms with Crippen LogP contribution in [0.3, 0.4) is 0 Å². The van der Waals surface area contributed by atoms with Gasteiger partial charge in [-0.05, 0) is 19.3 Å². The lowest BCUT2D eigenvalue weighted by molar-refractivity contribution is -0.134. The number of carbonyl (C=O) groups excluding carboxylic acids is 1. The van der Waals surface area contributed by atoms with Gasteiger partial charge in [-0.15, -0.1) is 0 Å². The third-order valence-corrected chi connectivity index (χ3v) is 4.55. The van der Waals surface area contributed by atoms with E-state index in [1.54, 1.807) is 0 Å². The minimum Gasteiger partial charge on any atom is -0.337 e. The average molecular weight is 244 g/mol. The molecule has 0 radical (unpaired) electrons. The lowest BCUT2D eigenvalue weighted by atomic mass is 10.0. The van der Waals surface area contributed by atoms with E-state index in [1.165, 1.54) is 0 Å². The molecule has 4 heteroatoms. The topological polar surface area (TPSA) is 46.3 Å². The molecule has 1 rings (SSSR count). The smallest absolute Gasteiger partial charge is 0.239 e. The molecule has 1 aliphatic rings. The maximum absolute atomic E-state index is 12.2. The summed E-state index contributed by atoms with van der Waals surface area (Å²) in [5.74, 6) is 1.64. The van der Waals surface area contributed by atoms with Crippen molar-refractivity contribution in [2.24, 2.45) is 11.7 Å². The summed E-state index contributed by atoms with van der Waals surface area (Å²) < 4.78 is 0. The predicted octanol–water partition coefficient (Wildman–Crippen LogP) is 1.71. The number of hydrogen-bond acceptors (Lipinski definition) is 3. The number of rotatable bonds is 3. The zero-order valence-corrected chi connectivity index (χ0v) is 11.6. The second-order valence-corrected chi connectivity index (χ2v) is 6.57. The predicted molar refractivity (Wildman–Crippen MR) is 70.5 cm³/mol. The largest absolute Gasteiger partial charge is 0.337 e. The van der Waals surface area contributed by atoms with E-state index >= 15 is 0 Å². The third kappa shape index (κ3) is 3.39. The summed E-state index contributed by atoms with van der Waals surface area (Å²) in [4.78, 5) is 14.1. The summed E-state index contributed by atoms with van der Waals surface area (Å²) in [6.45, 7) is 9.36. The van der Waals surface area contributed by atoms with Crippen LogP contribution in [0.2, 0.25) is 0 Å². The Balaban J connectivity index is 2.58. The van der Waals surface area contributed by atoms with Crippen molar-refractivity contribution in [3.63, 3.8) is 0 Å². The molecule has 1 aliphatic heterocycles. The van der Waals surface area contributed by atoms with Crippen LogP contribution < -0.4 is 5.73 Å². The molecule has 0 aromatic carbocycles. The van der Waals surface area contributed by atoms with Crippen LogP contribution in [0.25, 0.3) is 0 Å². The van der Waals surface area contributed by atoms with Crippen molar-refractivity contribution in [1.29, 1.82) is 0 Å². The highest BCUT2D eigenvalue weighted by molar-refractivity contribution is 8.00. The summed E-state index contributed by atoms with van der Waals surface area (Å²) in [6, 6.07) is -0.0118. The highest BCUT2D eigenvalue weighted by Crippen LogP contribution is 2.25. The van der Waals surface area contributed by atoms with E-state index in [4.69, 9.17) is 5.73 Å². The van der Waals surface area contributed by atoms with Gasteiger partial charge in [0.2, 0.25) is 5.91 Å². The van der Waals surface area contributed by atoms with Crippen molar-refractivity contribution in [3.05, 3.63) is 0 Å². The van der Waals surface area contributed by atoms with Crippen LogP contribution in [0.4, 0.5) is 0 Å². The standard InChI is InChI=1S/C12H24N2OS/c1-8(2)7-11(13)12(15)14-5-6-16-10(4)9(14)3/h8-11H,5-7,13H2,1-4H3/t9?,10?,11-/m1/s1. The van der Waals surface area contributed by atoms with E-state index in [0.29, 0.717) is 17.2 Å². The number of hydrogen-bond donors (Lipinski definition) is 1. The third-order valence-electron chi connectivity index (χ3n) is 3.21. The van der Waals surface area contributed by atoms with Crippen molar-refractivity contribution in [2.75, 3.05) is 12.3 Å². The summed E-state index contributed by atoms with van der Waals surface area (Å²) in [5, 5.41) is 0.518. The zero-order chi connectivity index (χ0) is 12.3. The number of nitrogens with zero attached hydrogens (tertiary/aromatic N) is 1. The fraction of sp³-hybridized carbons (Fsp3) is 0.917. The molecule has 1 amide bonds. The van der Waals surface area contributed by atoms with Gasteiger partial charge in [-0.25, -0.2) is 0 Å². The molecule has 0 aromatic rings. The van der Waals surface area contributed by atoms with Crippen LogP contribution in [0.1, 0.15) is 34.1 Å². The fourth-order valence-electron chi connectivity index (χ4n) is 2.07. The summed E-state index contributed by atoms with van der Waals surface area (Å²) >= 11 is 1.94. The van der Waals surface area contributed by atoms with Crippen LogP contribution in [-0.2, 0) is 4.79 Å². The lowest BCUT2D eigenvalue weighted by Crippen LogP contribution is -2.53. The molecule has 1 fully saturated rings. The Kier molecular flexibility index (Phi) is 5.12. The quantitative estimate of drug-likeness (QED) is 0.822. The fourth-order valence-corrected chi connectivity index (χ4v) is 3.17. The molecule has 3 atom stereocenters. The van der Waals surface area contributed by atoms with E-state index in [9.17, 15) is 4.79 Å². The van der Waals surface area contributed by atoms with Gasteiger partial charge in [0, 0.05) is 23.6 Å². The molecule has 0 aliphatic carbocycles. The van der Waals surface area contributed by atoms with Crippen molar-refractivity contribution in [2.45, 2.75) is 51.4 Å². The molecule has 0 aromatic heterocycles. The maximum atomic E-state index is 12.2. The first kappa shape index (κ1) is 13.8. The lowest BCUT2D eigenvalue weighted by Gasteiger charge is -2.39. The highest BCUT2D eigenvalue weighted by Gasteiger charge is 2.31. The number of carbonyl (C=O) groups is 1. The van der Waals surface area contributed by atoms with E-state index in [0.717, 1.165) is 18.7 Å². The van der Waals surface area contributed by atoms with Gasteiger partial charge >= 0.3 is 0 Å². The molecule has 0 spiro atoms. The highest BCUT2D eigenvalue weighted by atomic mass is 32.2. The van der Waals surface area contributed by atoms with E-state index in [2.05, 4.69) is 27.7 Å². The van der Waals surface area contributed by atoms with Gasteiger partial charge in [0.25, 0.3) is 0 Å². The Morgan fingerprint density at radius 3 is 2.69 bits per heavy atom. The van der Waals surface area contributed by atoms with Crippen LogP contribution in [0.5, 0.6) is 0 Å². The van der Waals surface area contributed by atoms with Gasteiger partial charge in [-0.1, -0.05) is 20.8 Å². The monoisotopic (exact) mass is 244 g/mol. The second-order valence-electron chi connectivity index (χ2n) is 5.08. The second kappa shape index (κ2) is 5.92. The molecule has 0 bridgehead atoms. The first-order chi connectivity index (χ1) is 7.43. The van der Waals surface area contributed by atoms with Crippen LogP contribution in [0, 0.1) is 5.92 Å². The first-order valence-corrected chi connectivity index (χ1v) is 7.16. The van der Waals surface area contributed by atoms with Crippen molar-refractivity contribution in [3.8, 4) is 0 Å². The summed E-state index contributed by atoms with van der Waals surface area (Å²) in [5.41, 5.74) is 5.96. The van der Waals surface area contributed by atoms with Crippen LogP contribution >= 0.6 is 11.8 Å². The Morgan fingerprint density at radius 2 is 2.12 bits per heavy atom. The average Bonchev–Trinajstić information content (AvgIpc) is 2.20. The number of nitrogens with two attached hydrogens (primary N) is 1. The Labute approximate surface area is 103 Å². The SMILES string of the molecule is CC(C)C[C@@H](N)C(=O)N1CCSC(C)C1C. The first-order valence-electron chi connectivity index (χ1n) is 6.11. The molecule has 2 N–H and O–H groups in total. The zero-order valence-electron chi connectivity index (χ0n) is 10.8. The normalized spacial score (nSPS) is 28.2. The molecule has 94 valence electrons. The number of amides is 1. The minimum atomic E-state index is -0.322. The molecule has 3 nitrogen and oxygen atoms in total. The number of thioether (sulfide) groups is 1. The maximum Gasteiger partial charge on any atom is 0.239 e. The molecular weight excluding hydrogens is 220 g/mol. The van der Waals surface area contributed by atoms with Crippen molar-refractivity contribution >= 4 is 17.7 Å². The van der Waals surface area contributed by atoms with Gasteiger partial charge in [-0.2, -0.15) is 11.8 Å². The summed E-state index contributed by atoms with van der Waals surface area (Å²) in [7, 11) is 0. The Morgan fingerprint density at radius 1 is 1.50 bits per heavy atom. The van der Waals surface area contributed by atoms with Crippen LogP contribution in [0.15, 0.2) is 0 Å². The molecule has 2 unspecified atom stereocenters. The Hall–Kier alpha value is -0.220. The summed E-state index contributed by atoms with van der Waals surface area (Å²) in [6.07, 6.45) is 0.781. The van der Waals surface area contributed by atoms with E-state index in [1.807, 2.05) is 16.7 Å². The van der Waals surface area contributed by atoms with Crippen molar-refractivity contribution in [1.82, 2.24) is 4.90 Å². The van der Waals surface area contributed by atoms with E-state index in [-0.39, 0.29) is 11.9 Å². The molecule has 1 heterocycles. The Bertz CT molecular complexity index is 245. The van der Waals surface area contributed by atoms with Gasteiger partial charge in [0.15, 0.2) is 0 Å². The van der Waals surface area contributed by atoms with Gasteiger partial charge in [0.1, 0.15) is 0 Å². The van der Waals surface area contributed by atoms with E-state index < -0.39 is 0 Å². The molecular formula is C12H24N2OS. The minimum absolute atomic E-state index is 0.133. The molecule has 1 saturated heterocycles. The van der Waals surface area contributed by atoms with Gasteiger partial charge in [0.05, 0.1) is 6.04 Å².